The molecule has 3 rings (SSSR count). The molecule has 3 nitrogen and oxygen atoms in total. The Labute approximate surface area is 134 Å². The van der Waals surface area contributed by atoms with Gasteiger partial charge >= 0.3 is 6.18 Å². The number of rotatable bonds is 4. The number of halogens is 3. The minimum Gasteiger partial charge on any atom is -0.360 e. The van der Waals surface area contributed by atoms with Gasteiger partial charge in [-0.2, -0.15) is 13.2 Å². The van der Waals surface area contributed by atoms with Crippen molar-refractivity contribution in [1.82, 2.24) is 9.88 Å². The molecule has 1 atom stereocenters. The van der Waals surface area contributed by atoms with E-state index in [4.69, 9.17) is 0 Å². The lowest BCUT2D eigenvalue weighted by Gasteiger charge is -2.32. The molecule has 0 bridgehead atoms. The number of anilines is 1. The molecule has 3 heterocycles. The molecule has 8 heteroatoms. The van der Waals surface area contributed by atoms with E-state index in [1.165, 1.54) is 10.4 Å². The molecule has 0 spiro atoms. The van der Waals surface area contributed by atoms with Gasteiger partial charge in [0.2, 0.25) is 0 Å². The monoisotopic (exact) mass is 347 g/mol. The summed E-state index contributed by atoms with van der Waals surface area (Å²) in [6, 6.07) is 2.40. The van der Waals surface area contributed by atoms with Gasteiger partial charge in [0.05, 0.1) is 6.20 Å². The van der Waals surface area contributed by atoms with Gasteiger partial charge in [-0.1, -0.05) is 11.3 Å². The van der Waals surface area contributed by atoms with Crippen LogP contribution in [0, 0.1) is 0 Å². The van der Waals surface area contributed by atoms with E-state index in [0.29, 0.717) is 23.0 Å². The molecule has 0 saturated carbocycles. The summed E-state index contributed by atoms with van der Waals surface area (Å²) in [6.45, 7) is 4.57. The van der Waals surface area contributed by atoms with Crippen LogP contribution in [0.2, 0.25) is 0 Å². The summed E-state index contributed by atoms with van der Waals surface area (Å²) in [6.07, 6.45) is -2.38. The maximum absolute atomic E-state index is 12.5. The number of alkyl halides is 3. The van der Waals surface area contributed by atoms with E-state index < -0.39 is 11.1 Å². The van der Waals surface area contributed by atoms with Crippen molar-refractivity contribution in [1.29, 1.82) is 0 Å². The van der Waals surface area contributed by atoms with Gasteiger partial charge in [-0.15, -0.1) is 11.3 Å². The SMILES string of the molecule is CC(CNc1ncc(C(F)(F)F)s1)N1CCc2sccc2C1. The molecule has 0 saturated heterocycles. The molecule has 0 aromatic carbocycles. The van der Waals surface area contributed by atoms with Crippen LogP contribution < -0.4 is 5.32 Å². The zero-order valence-electron chi connectivity index (χ0n) is 12.0. The van der Waals surface area contributed by atoms with E-state index in [-0.39, 0.29) is 6.04 Å². The summed E-state index contributed by atoms with van der Waals surface area (Å²) in [7, 11) is 0. The molecule has 0 radical (unpaired) electrons. The Balaban J connectivity index is 1.54. The van der Waals surface area contributed by atoms with Crippen LogP contribution in [0.1, 0.15) is 22.2 Å². The highest BCUT2D eigenvalue weighted by Gasteiger charge is 2.33. The summed E-state index contributed by atoms with van der Waals surface area (Å²) in [5.74, 6) is 0. The summed E-state index contributed by atoms with van der Waals surface area (Å²) >= 11 is 2.45. The smallest absolute Gasteiger partial charge is 0.360 e. The largest absolute Gasteiger partial charge is 0.427 e. The normalized spacial score (nSPS) is 17.3. The van der Waals surface area contributed by atoms with Crippen LogP contribution in [0.15, 0.2) is 17.6 Å². The van der Waals surface area contributed by atoms with E-state index >= 15 is 0 Å². The maximum Gasteiger partial charge on any atom is 0.427 e. The third-order valence-corrected chi connectivity index (χ3v) is 5.82. The Morgan fingerprint density at radius 1 is 1.45 bits per heavy atom. The van der Waals surface area contributed by atoms with Gasteiger partial charge in [-0.3, -0.25) is 4.90 Å². The molecule has 1 N–H and O–H groups in total. The molecule has 22 heavy (non-hydrogen) atoms. The Hall–Kier alpha value is -1.12. The topological polar surface area (TPSA) is 28.2 Å². The first kappa shape index (κ1) is 15.8. The summed E-state index contributed by atoms with van der Waals surface area (Å²) in [4.78, 5) is 6.93. The van der Waals surface area contributed by atoms with Crippen molar-refractivity contribution < 1.29 is 13.2 Å². The van der Waals surface area contributed by atoms with Crippen molar-refractivity contribution in [2.45, 2.75) is 32.1 Å². The molecular formula is C14H16F3N3S2. The fraction of sp³-hybridized carbons (Fsp3) is 0.500. The highest BCUT2D eigenvalue weighted by atomic mass is 32.1. The Morgan fingerprint density at radius 2 is 2.27 bits per heavy atom. The van der Waals surface area contributed by atoms with Gasteiger partial charge < -0.3 is 5.32 Å². The predicted octanol–water partition coefficient (Wildman–Crippen LogP) is 4.08. The molecule has 2 aromatic rings. The Kier molecular flexibility index (Phi) is 4.42. The van der Waals surface area contributed by atoms with Gasteiger partial charge in [0, 0.05) is 30.6 Å². The predicted molar refractivity (Wildman–Crippen MR) is 83.5 cm³/mol. The second-order valence-electron chi connectivity index (χ2n) is 5.35. The van der Waals surface area contributed by atoms with Crippen LogP contribution in [-0.2, 0) is 19.1 Å². The standard InChI is InChI=1S/C14H16F3N3S2/c1-9(20-4-2-11-10(8-20)3-5-21-11)6-18-13-19-7-12(22-13)14(15,16)17/h3,5,7,9H,2,4,6,8H2,1H3,(H,18,19). The highest BCUT2D eigenvalue weighted by Crippen LogP contribution is 2.35. The molecule has 120 valence electrons. The number of hydrogen-bond acceptors (Lipinski definition) is 5. The van der Waals surface area contributed by atoms with Crippen LogP contribution in [0.3, 0.4) is 0 Å². The molecular weight excluding hydrogens is 331 g/mol. The van der Waals surface area contributed by atoms with Crippen LogP contribution in [0.4, 0.5) is 18.3 Å². The zero-order chi connectivity index (χ0) is 15.7. The average molecular weight is 347 g/mol. The van der Waals surface area contributed by atoms with Gasteiger partial charge in [-0.25, -0.2) is 4.98 Å². The second kappa shape index (κ2) is 6.17. The van der Waals surface area contributed by atoms with Crippen molar-refractivity contribution in [2.75, 3.05) is 18.4 Å². The van der Waals surface area contributed by atoms with Crippen molar-refractivity contribution in [2.24, 2.45) is 0 Å². The first-order valence-corrected chi connectivity index (χ1v) is 8.69. The van der Waals surface area contributed by atoms with Gasteiger partial charge in [0.15, 0.2) is 5.13 Å². The number of aromatic nitrogens is 1. The number of nitrogens with zero attached hydrogens (tertiary/aromatic N) is 2. The molecule has 1 aliphatic rings. The summed E-state index contributed by atoms with van der Waals surface area (Å²) < 4.78 is 37.6. The van der Waals surface area contributed by atoms with Crippen molar-refractivity contribution in [3.8, 4) is 0 Å². The summed E-state index contributed by atoms with van der Waals surface area (Å²) in [5, 5.41) is 5.46. The quantitative estimate of drug-likeness (QED) is 0.903. The van der Waals surface area contributed by atoms with Crippen molar-refractivity contribution in [3.63, 3.8) is 0 Å². The molecule has 1 aliphatic heterocycles. The van der Waals surface area contributed by atoms with Crippen molar-refractivity contribution >= 4 is 27.8 Å². The third-order valence-electron chi connectivity index (χ3n) is 3.79. The lowest BCUT2D eigenvalue weighted by molar-refractivity contribution is -0.134. The van der Waals surface area contributed by atoms with E-state index in [2.05, 4.69) is 33.6 Å². The fourth-order valence-electron chi connectivity index (χ4n) is 2.50. The fourth-order valence-corrected chi connectivity index (χ4v) is 4.08. The number of nitrogens with one attached hydrogen (secondary N) is 1. The van der Waals surface area contributed by atoms with E-state index in [1.807, 2.05) is 0 Å². The third kappa shape index (κ3) is 3.44. The lowest BCUT2D eigenvalue weighted by Crippen LogP contribution is -2.40. The van der Waals surface area contributed by atoms with Crippen LogP contribution in [-0.4, -0.2) is 29.0 Å². The van der Waals surface area contributed by atoms with Gasteiger partial charge in [0.1, 0.15) is 4.88 Å². The van der Waals surface area contributed by atoms with Crippen molar-refractivity contribution in [3.05, 3.63) is 33.0 Å². The highest BCUT2D eigenvalue weighted by molar-refractivity contribution is 7.15. The maximum atomic E-state index is 12.5. The van der Waals surface area contributed by atoms with Gasteiger partial charge in [0.25, 0.3) is 0 Å². The minimum atomic E-state index is -4.31. The first-order chi connectivity index (χ1) is 10.4. The second-order valence-corrected chi connectivity index (χ2v) is 7.38. The Morgan fingerprint density at radius 3 is 3.00 bits per heavy atom. The first-order valence-electron chi connectivity index (χ1n) is 6.99. The van der Waals surface area contributed by atoms with Crippen LogP contribution in [0.25, 0.3) is 0 Å². The molecule has 0 aliphatic carbocycles. The van der Waals surface area contributed by atoms with Gasteiger partial charge in [-0.05, 0) is 30.4 Å². The molecule has 2 aromatic heterocycles. The zero-order valence-corrected chi connectivity index (χ0v) is 13.6. The Bertz CT molecular complexity index is 635. The number of fused-ring (bicyclic) bond motifs is 1. The molecule has 1 unspecified atom stereocenters. The van der Waals surface area contributed by atoms with E-state index in [1.54, 1.807) is 11.3 Å². The van der Waals surface area contributed by atoms with E-state index in [0.717, 1.165) is 25.7 Å². The van der Waals surface area contributed by atoms with Crippen LogP contribution in [0.5, 0.6) is 0 Å². The summed E-state index contributed by atoms with van der Waals surface area (Å²) in [5.41, 5.74) is 1.37. The van der Waals surface area contributed by atoms with E-state index in [9.17, 15) is 13.2 Å². The number of thiophene rings is 1. The molecule has 0 fully saturated rings. The van der Waals surface area contributed by atoms with Crippen LogP contribution >= 0.6 is 22.7 Å². The number of hydrogen-bond donors (Lipinski definition) is 1. The molecule has 0 amide bonds. The average Bonchev–Trinajstić information content (AvgIpc) is 3.12. The lowest BCUT2D eigenvalue weighted by atomic mass is 10.1. The minimum absolute atomic E-state index is 0.242. The number of thiazole rings is 1.